The number of benzene rings is 2. The first-order chi connectivity index (χ1) is 8.72. The Hall–Kier alpha value is -1.84. The van der Waals surface area contributed by atoms with E-state index in [1.165, 1.54) is 0 Å². The van der Waals surface area contributed by atoms with Crippen molar-refractivity contribution in [3.63, 3.8) is 0 Å². The summed E-state index contributed by atoms with van der Waals surface area (Å²) < 4.78 is 5.85. The number of ether oxygens (including phenoxy) is 1. The highest BCUT2D eigenvalue weighted by Gasteiger charge is 2.09. The van der Waals surface area contributed by atoms with Gasteiger partial charge in [0.15, 0.2) is 0 Å². The average molecular weight is 243 g/mol. The summed E-state index contributed by atoms with van der Waals surface area (Å²) in [6, 6.07) is 15.0. The molecule has 1 unspecified atom stereocenters. The Bertz CT molecular complexity index is 523. The predicted molar refractivity (Wildman–Crippen MR) is 71.5 cm³/mol. The second-order valence-corrected chi connectivity index (χ2v) is 4.19. The van der Waals surface area contributed by atoms with Crippen LogP contribution < -0.4 is 10.5 Å². The number of nitrogens with two attached hydrogens (primary N) is 1. The Labute approximate surface area is 107 Å². The van der Waals surface area contributed by atoms with Crippen LogP contribution in [0.25, 0.3) is 0 Å². The summed E-state index contributed by atoms with van der Waals surface area (Å²) in [7, 11) is 0. The summed E-state index contributed by atoms with van der Waals surface area (Å²) in [5.74, 6) is 1.39. The Morgan fingerprint density at radius 2 is 1.67 bits per heavy atom. The average Bonchev–Trinajstić information content (AvgIpc) is 2.40. The summed E-state index contributed by atoms with van der Waals surface area (Å²) in [5, 5.41) is 9.27. The fourth-order valence-corrected chi connectivity index (χ4v) is 1.80. The molecule has 2 rings (SSSR count). The van der Waals surface area contributed by atoms with Crippen molar-refractivity contribution in [2.45, 2.75) is 19.6 Å². The van der Waals surface area contributed by atoms with Gasteiger partial charge in [-0.25, -0.2) is 0 Å². The zero-order valence-corrected chi connectivity index (χ0v) is 10.3. The second kappa shape index (κ2) is 5.67. The molecule has 18 heavy (non-hydrogen) atoms. The maximum atomic E-state index is 9.27. The summed E-state index contributed by atoms with van der Waals surface area (Å²) in [6.07, 6.45) is 0. The number of aliphatic hydroxyl groups excluding tert-OH is 1. The van der Waals surface area contributed by atoms with Crippen LogP contribution in [0.1, 0.15) is 24.1 Å². The Morgan fingerprint density at radius 3 is 2.33 bits per heavy atom. The molecule has 2 aromatic rings. The molecule has 0 saturated heterocycles. The number of aliphatic hydroxyl groups is 1. The van der Waals surface area contributed by atoms with Crippen LogP contribution in [0.2, 0.25) is 0 Å². The molecular formula is C15H17NO2. The van der Waals surface area contributed by atoms with Crippen molar-refractivity contribution >= 4 is 0 Å². The lowest BCUT2D eigenvalue weighted by Crippen LogP contribution is -2.06. The minimum absolute atomic E-state index is 0.0451. The van der Waals surface area contributed by atoms with Crippen LogP contribution in [-0.2, 0) is 6.61 Å². The highest BCUT2D eigenvalue weighted by atomic mass is 16.5. The van der Waals surface area contributed by atoms with Gasteiger partial charge >= 0.3 is 0 Å². The van der Waals surface area contributed by atoms with E-state index in [0.29, 0.717) is 5.75 Å². The fourth-order valence-electron chi connectivity index (χ4n) is 1.80. The van der Waals surface area contributed by atoms with Crippen molar-refractivity contribution in [3.05, 3.63) is 59.7 Å². The van der Waals surface area contributed by atoms with Crippen molar-refractivity contribution < 1.29 is 9.84 Å². The third kappa shape index (κ3) is 2.70. The maximum absolute atomic E-state index is 9.27. The standard InChI is InChI=1S/C15H17NO2/c1-11(16)13-7-3-5-9-15(13)18-14-8-4-2-6-12(14)10-17/h2-9,11,17H,10,16H2,1H3. The lowest BCUT2D eigenvalue weighted by Gasteiger charge is -2.15. The van der Waals surface area contributed by atoms with Gasteiger partial charge in [-0.05, 0) is 19.1 Å². The molecule has 0 saturated carbocycles. The van der Waals surface area contributed by atoms with Crippen LogP contribution in [0.15, 0.2) is 48.5 Å². The van der Waals surface area contributed by atoms with Gasteiger partial charge in [0.1, 0.15) is 11.5 Å². The number of hydrogen-bond acceptors (Lipinski definition) is 3. The molecule has 0 spiro atoms. The predicted octanol–water partition coefficient (Wildman–Crippen LogP) is 2.99. The third-order valence-corrected chi connectivity index (χ3v) is 2.77. The van der Waals surface area contributed by atoms with Gasteiger partial charge in [0.25, 0.3) is 0 Å². The maximum Gasteiger partial charge on any atom is 0.132 e. The first-order valence-corrected chi connectivity index (χ1v) is 5.93. The van der Waals surface area contributed by atoms with E-state index in [1.807, 2.05) is 55.5 Å². The van der Waals surface area contributed by atoms with Crippen LogP contribution >= 0.6 is 0 Å². The van der Waals surface area contributed by atoms with Gasteiger partial charge in [0, 0.05) is 17.2 Å². The van der Waals surface area contributed by atoms with Gasteiger partial charge in [-0.1, -0.05) is 36.4 Å². The first kappa shape index (κ1) is 12.6. The van der Waals surface area contributed by atoms with E-state index in [-0.39, 0.29) is 12.6 Å². The fraction of sp³-hybridized carbons (Fsp3) is 0.200. The molecule has 0 aromatic heterocycles. The van der Waals surface area contributed by atoms with Crippen molar-refractivity contribution in [1.82, 2.24) is 0 Å². The zero-order valence-electron chi connectivity index (χ0n) is 10.3. The SMILES string of the molecule is CC(N)c1ccccc1Oc1ccccc1CO. The van der Waals surface area contributed by atoms with Gasteiger partial charge < -0.3 is 15.6 Å². The molecule has 0 aliphatic rings. The zero-order chi connectivity index (χ0) is 13.0. The van der Waals surface area contributed by atoms with Gasteiger partial charge in [0.2, 0.25) is 0 Å². The van der Waals surface area contributed by atoms with Crippen molar-refractivity contribution in [3.8, 4) is 11.5 Å². The number of rotatable bonds is 4. The number of hydrogen-bond donors (Lipinski definition) is 2. The van der Waals surface area contributed by atoms with Crippen LogP contribution in [0.5, 0.6) is 11.5 Å². The van der Waals surface area contributed by atoms with Crippen LogP contribution in [0.4, 0.5) is 0 Å². The minimum Gasteiger partial charge on any atom is -0.457 e. The Kier molecular flexibility index (Phi) is 3.97. The minimum atomic E-state index is -0.0949. The lowest BCUT2D eigenvalue weighted by molar-refractivity contribution is 0.276. The highest BCUT2D eigenvalue weighted by molar-refractivity contribution is 5.42. The molecule has 0 radical (unpaired) electrons. The summed E-state index contributed by atoms with van der Waals surface area (Å²) in [4.78, 5) is 0. The number of para-hydroxylation sites is 2. The van der Waals surface area contributed by atoms with E-state index < -0.39 is 0 Å². The molecule has 3 N–H and O–H groups in total. The van der Waals surface area contributed by atoms with E-state index in [0.717, 1.165) is 16.9 Å². The van der Waals surface area contributed by atoms with Crippen LogP contribution in [-0.4, -0.2) is 5.11 Å². The topological polar surface area (TPSA) is 55.5 Å². The van der Waals surface area contributed by atoms with E-state index in [1.54, 1.807) is 0 Å². The van der Waals surface area contributed by atoms with Gasteiger partial charge in [0.05, 0.1) is 6.61 Å². The third-order valence-electron chi connectivity index (χ3n) is 2.77. The second-order valence-electron chi connectivity index (χ2n) is 4.19. The van der Waals surface area contributed by atoms with Crippen molar-refractivity contribution in [1.29, 1.82) is 0 Å². The largest absolute Gasteiger partial charge is 0.457 e. The molecule has 3 heteroatoms. The molecule has 2 aromatic carbocycles. The van der Waals surface area contributed by atoms with E-state index in [2.05, 4.69) is 0 Å². The summed E-state index contributed by atoms with van der Waals surface area (Å²) in [6.45, 7) is 1.87. The Balaban J connectivity index is 2.34. The van der Waals surface area contributed by atoms with Crippen LogP contribution in [0.3, 0.4) is 0 Å². The van der Waals surface area contributed by atoms with Crippen LogP contribution in [0, 0.1) is 0 Å². The van der Waals surface area contributed by atoms with Crippen molar-refractivity contribution in [2.75, 3.05) is 0 Å². The monoisotopic (exact) mass is 243 g/mol. The molecule has 94 valence electrons. The van der Waals surface area contributed by atoms with Gasteiger partial charge in [-0.15, -0.1) is 0 Å². The first-order valence-electron chi connectivity index (χ1n) is 5.93. The van der Waals surface area contributed by atoms with E-state index >= 15 is 0 Å². The van der Waals surface area contributed by atoms with Gasteiger partial charge in [-0.3, -0.25) is 0 Å². The molecule has 1 atom stereocenters. The molecule has 0 bridgehead atoms. The molecule has 0 heterocycles. The molecule has 3 nitrogen and oxygen atoms in total. The lowest BCUT2D eigenvalue weighted by atomic mass is 10.1. The van der Waals surface area contributed by atoms with E-state index in [9.17, 15) is 5.11 Å². The molecular weight excluding hydrogens is 226 g/mol. The summed E-state index contributed by atoms with van der Waals surface area (Å²) >= 11 is 0. The molecule has 0 aliphatic heterocycles. The molecule has 0 amide bonds. The van der Waals surface area contributed by atoms with E-state index in [4.69, 9.17) is 10.5 Å². The van der Waals surface area contributed by atoms with Crippen molar-refractivity contribution in [2.24, 2.45) is 5.73 Å². The normalized spacial score (nSPS) is 12.2. The Morgan fingerprint density at radius 1 is 1.06 bits per heavy atom. The van der Waals surface area contributed by atoms with Gasteiger partial charge in [-0.2, -0.15) is 0 Å². The molecule has 0 aliphatic carbocycles. The smallest absolute Gasteiger partial charge is 0.132 e. The highest BCUT2D eigenvalue weighted by Crippen LogP contribution is 2.30. The quantitative estimate of drug-likeness (QED) is 0.868. The summed E-state index contributed by atoms with van der Waals surface area (Å²) in [5.41, 5.74) is 7.62. The molecule has 0 fully saturated rings.